The molecule has 3 aromatic rings. The second-order valence-electron chi connectivity index (χ2n) is 5.25. The van der Waals surface area contributed by atoms with E-state index in [1.54, 1.807) is 16.9 Å². The van der Waals surface area contributed by atoms with Crippen LogP contribution in [0.15, 0.2) is 60.8 Å². The van der Waals surface area contributed by atoms with Crippen LogP contribution in [0.3, 0.4) is 0 Å². The minimum Gasteiger partial charge on any atom is -0.320 e. The predicted molar refractivity (Wildman–Crippen MR) is 94.6 cm³/mol. The summed E-state index contributed by atoms with van der Waals surface area (Å²) < 4.78 is 15.4. The van der Waals surface area contributed by atoms with Crippen molar-refractivity contribution in [3.63, 3.8) is 0 Å². The van der Waals surface area contributed by atoms with Crippen LogP contribution in [0, 0.1) is 5.82 Å². The number of benzene rings is 2. The average Bonchev–Trinajstić information content (AvgIpc) is 3.05. The quantitative estimate of drug-likeness (QED) is 0.708. The van der Waals surface area contributed by atoms with E-state index in [9.17, 15) is 9.18 Å². The Morgan fingerprint density at radius 2 is 2.00 bits per heavy atom. The van der Waals surface area contributed by atoms with Gasteiger partial charge in [-0.2, -0.15) is 0 Å². The highest BCUT2D eigenvalue weighted by atomic mass is 35.5. The van der Waals surface area contributed by atoms with Crippen molar-refractivity contribution in [3.05, 3.63) is 82.9 Å². The second-order valence-corrected chi connectivity index (χ2v) is 5.66. The molecule has 0 radical (unpaired) electrons. The Labute approximate surface area is 148 Å². The number of rotatable bonds is 5. The number of amides is 1. The maximum atomic E-state index is 13.7. The summed E-state index contributed by atoms with van der Waals surface area (Å²) in [7, 11) is 0. The van der Waals surface area contributed by atoms with Crippen LogP contribution in [0.5, 0.6) is 0 Å². The Balaban J connectivity index is 1.62. The summed E-state index contributed by atoms with van der Waals surface area (Å²) in [5.74, 6) is -1.15. The number of carbonyl (C=O) groups excluding carboxylic acids is 1. The van der Waals surface area contributed by atoms with Gasteiger partial charge in [0.05, 0.1) is 23.5 Å². The maximum absolute atomic E-state index is 13.7. The zero-order valence-corrected chi connectivity index (χ0v) is 13.8. The molecular weight excluding hydrogens is 343 g/mol. The van der Waals surface area contributed by atoms with Gasteiger partial charge in [0.1, 0.15) is 5.69 Å². The number of hydrogen-bond acceptors (Lipinski definition) is 3. The van der Waals surface area contributed by atoms with Gasteiger partial charge >= 0.3 is 0 Å². The summed E-state index contributed by atoms with van der Waals surface area (Å²) in [5.41, 5.74) is 1.64. The van der Waals surface area contributed by atoms with Crippen molar-refractivity contribution >= 4 is 29.3 Å². The lowest BCUT2D eigenvalue weighted by Gasteiger charge is -2.04. The summed E-state index contributed by atoms with van der Waals surface area (Å²) in [4.78, 5) is 11.9. The van der Waals surface area contributed by atoms with E-state index in [2.05, 4.69) is 15.6 Å². The first-order valence-corrected chi connectivity index (χ1v) is 7.87. The lowest BCUT2D eigenvalue weighted by atomic mass is 10.2. The van der Waals surface area contributed by atoms with Crippen LogP contribution in [-0.2, 0) is 11.3 Å². The summed E-state index contributed by atoms with van der Waals surface area (Å²) in [5, 5.41) is 10.4. The van der Waals surface area contributed by atoms with Gasteiger partial charge in [-0.1, -0.05) is 53.2 Å². The Morgan fingerprint density at radius 1 is 1.20 bits per heavy atom. The van der Waals surface area contributed by atoms with Crippen LogP contribution < -0.4 is 5.32 Å². The van der Waals surface area contributed by atoms with Gasteiger partial charge in [0.15, 0.2) is 5.82 Å². The number of hydrogen-bond donors (Lipinski definition) is 1. The van der Waals surface area contributed by atoms with Crippen molar-refractivity contribution in [1.29, 1.82) is 0 Å². The standard InChI is InChI=1S/C18H14ClFN4O/c19-15-7-4-8-16(18(15)20)21-17(25)10-9-14-12-24(23-22-14)11-13-5-2-1-3-6-13/h1-10,12H,11H2,(H,21,25)/b10-9+. The van der Waals surface area contributed by atoms with Gasteiger partial charge in [0.2, 0.25) is 5.91 Å². The number of aromatic nitrogens is 3. The highest BCUT2D eigenvalue weighted by Crippen LogP contribution is 2.21. The molecule has 0 bridgehead atoms. The normalized spacial score (nSPS) is 11.0. The molecule has 1 aromatic heterocycles. The zero-order valence-electron chi connectivity index (χ0n) is 13.1. The van der Waals surface area contributed by atoms with Gasteiger partial charge in [-0.05, 0) is 23.8 Å². The molecule has 5 nitrogen and oxygen atoms in total. The Hall–Kier alpha value is -2.99. The minimum absolute atomic E-state index is 0.0230. The fourth-order valence-corrected chi connectivity index (χ4v) is 2.35. The van der Waals surface area contributed by atoms with E-state index in [4.69, 9.17) is 11.6 Å². The fourth-order valence-electron chi connectivity index (χ4n) is 2.17. The SMILES string of the molecule is O=C(/C=C/c1cn(Cc2ccccc2)nn1)Nc1cccc(Cl)c1F. The van der Waals surface area contributed by atoms with E-state index in [0.717, 1.165) is 5.56 Å². The van der Waals surface area contributed by atoms with Crippen LogP contribution in [-0.4, -0.2) is 20.9 Å². The smallest absolute Gasteiger partial charge is 0.248 e. The monoisotopic (exact) mass is 356 g/mol. The predicted octanol–water partition coefficient (Wildman–Crippen LogP) is 3.77. The van der Waals surface area contributed by atoms with E-state index < -0.39 is 11.7 Å². The molecule has 25 heavy (non-hydrogen) atoms. The zero-order chi connectivity index (χ0) is 17.6. The van der Waals surface area contributed by atoms with Crippen LogP contribution in [0.1, 0.15) is 11.3 Å². The first kappa shape index (κ1) is 16.9. The minimum atomic E-state index is -0.667. The molecule has 126 valence electrons. The van der Waals surface area contributed by atoms with Crippen LogP contribution in [0.25, 0.3) is 6.08 Å². The van der Waals surface area contributed by atoms with E-state index in [-0.39, 0.29) is 10.7 Å². The largest absolute Gasteiger partial charge is 0.320 e. The lowest BCUT2D eigenvalue weighted by molar-refractivity contribution is -0.111. The molecule has 7 heteroatoms. The molecule has 0 atom stereocenters. The first-order valence-electron chi connectivity index (χ1n) is 7.49. The third-order valence-electron chi connectivity index (χ3n) is 3.36. The summed E-state index contributed by atoms with van der Waals surface area (Å²) >= 11 is 5.67. The van der Waals surface area contributed by atoms with E-state index >= 15 is 0 Å². The molecule has 3 rings (SSSR count). The molecule has 0 fully saturated rings. The van der Waals surface area contributed by atoms with Crippen molar-refractivity contribution < 1.29 is 9.18 Å². The van der Waals surface area contributed by atoms with Gasteiger partial charge in [0, 0.05) is 6.08 Å². The average molecular weight is 357 g/mol. The van der Waals surface area contributed by atoms with Crippen LogP contribution in [0.4, 0.5) is 10.1 Å². The molecule has 1 heterocycles. The Kier molecular flexibility index (Phi) is 5.20. The molecular formula is C18H14ClFN4O. The maximum Gasteiger partial charge on any atom is 0.248 e. The molecule has 0 saturated heterocycles. The summed E-state index contributed by atoms with van der Waals surface area (Å²) in [6, 6.07) is 14.2. The van der Waals surface area contributed by atoms with Crippen molar-refractivity contribution in [2.75, 3.05) is 5.32 Å². The van der Waals surface area contributed by atoms with Gasteiger partial charge in [-0.3, -0.25) is 4.79 Å². The number of carbonyl (C=O) groups is 1. The molecule has 1 N–H and O–H groups in total. The van der Waals surface area contributed by atoms with Gasteiger partial charge < -0.3 is 5.32 Å². The fraction of sp³-hybridized carbons (Fsp3) is 0.0556. The third-order valence-corrected chi connectivity index (χ3v) is 3.65. The molecule has 0 saturated carbocycles. The first-order chi connectivity index (χ1) is 12.1. The molecule has 0 aliphatic heterocycles. The van der Waals surface area contributed by atoms with E-state index in [1.807, 2.05) is 30.3 Å². The highest BCUT2D eigenvalue weighted by Gasteiger charge is 2.08. The van der Waals surface area contributed by atoms with Crippen molar-refractivity contribution in [2.45, 2.75) is 6.54 Å². The Morgan fingerprint density at radius 3 is 2.80 bits per heavy atom. The molecule has 0 spiro atoms. The molecule has 0 aliphatic rings. The molecule has 1 amide bonds. The van der Waals surface area contributed by atoms with Crippen molar-refractivity contribution in [3.8, 4) is 0 Å². The van der Waals surface area contributed by atoms with Gasteiger partial charge in [0.25, 0.3) is 0 Å². The van der Waals surface area contributed by atoms with Crippen molar-refractivity contribution in [1.82, 2.24) is 15.0 Å². The van der Waals surface area contributed by atoms with E-state index in [1.165, 1.54) is 24.3 Å². The Bertz CT molecular complexity index is 908. The number of halogens is 2. The van der Waals surface area contributed by atoms with Gasteiger partial charge in [-0.15, -0.1) is 5.10 Å². The lowest BCUT2D eigenvalue weighted by Crippen LogP contribution is -2.09. The summed E-state index contributed by atoms with van der Waals surface area (Å²) in [6.07, 6.45) is 4.49. The van der Waals surface area contributed by atoms with Gasteiger partial charge in [-0.25, -0.2) is 9.07 Å². The third kappa shape index (κ3) is 4.51. The second kappa shape index (κ2) is 7.72. The molecule has 0 unspecified atom stereocenters. The van der Waals surface area contributed by atoms with Crippen LogP contribution >= 0.6 is 11.6 Å². The summed E-state index contributed by atoms with van der Waals surface area (Å²) in [6.45, 7) is 0.585. The van der Waals surface area contributed by atoms with Crippen molar-refractivity contribution in [2.24, 2.45) is 0 Å². The number of anilines is 1. The molecule has 0 aliphatic carbocycles. The molecule has 2 aromatic carbocycles. The highest BCUT2D eigenvalue weighted by molar-refractivity contribution is 6.31. The van der Waals surface area contributed by atoms with E-state index in [0.29, 0.717) is 12.2 Å². The van der Waals surface area contributed by atoms with Crippen LogP contribution in [0.2, 0.25) is 5.02 Å². The number of nitrogens with zero attached hydrogens (tertiary/aromatic N) is 3. The topological polar surface area (TPSA) is 59.8 Å². The number of nitrogens with one attached hydrogen (secondary N) is 1.